The Labute approximate surface area is 82.8 Å². The van der Waals surface area contributed by atoms with Crippen LogP contribution in [0, 0.1) is 6.92 Å². The van der Waals surface area contributed by atoms with E-state index in [9.17, 15) is 4.57 Å². The molecule has 0 aromatic heterocycles. The molecule has 1 aromatic carbocycles. The van der Waals surface area contributed by atoms with Gasteiger partial charge in [0.25, 0.3) is 0 Å². The summed E-state index contributed by atoms with van der Waals surface area (Å²) in [6, 6.07) is 5.22. The van der Waals surface area contributed by atoms with Gasteiger partial charge in [0.2, 0.25) is 0 Å². The van der Waals surface area contributed by atoms with Crippen LogP contribution >= 0.6 is 7.82 Å². The van der Waals surface area contributed by atoms with Crippen LogP contribution in [0.15, 0.2) is 18.2 Å². The molecule has 0 fully saturated rings. The zero-order chi connectivity index (χ0) is 10.8. The van der Waals surface area contributed by atoms with Gasteiger partial charge in [0.15, 0.2) is 0 Å². The number of phosphoric acid groups is 1. The molecule has 0 amide bonds. The average Bonchev–Trinajstić information content (AvgIpc) is 2.06. The second-order valence-corrected chi connectivity index (χ2v) is 4.20. The van der Waals surface area contributed by atoms with Gasteiger partial charge in [-0.25, -0.2) is 4.57 Å². The summed E-state index contributed by atoms with van der Waals surface area (Å²) in [6.45, 7) is 3.77. The van der Waals surface area contributed by atoms with Gasteiger partial charge in [-0.2, -0.15) is 0 Å². The molecule has 0 saturated carbocycles. The van der Waals surface area contributed by atoms with Gasteiger partial charge in [0, 0.05) is 0 Å². The molecule has 0 bridgehead atoms. The first kappa shape index (κ1) is 11.2. The van der Waals surface area contributed by atoms with Crippen LogP contribution in [-0.4, -0.2) is 9.79 Å². The van der Waals surface area contributed by atoms with E-state index in [1.54, 1.807) is 19.1 Å². The third-order valence-corrected chi connectivity index (χ3v) is 2.30. The first-order chi connectivity index (χ1) is 6.42. The van der Waals surface area contributed by atoms with Crippen LogP contribution in [0.1, 0.15) is 18.1 Å². The van der Waals surface area contributed by atoms with Crippen molar-refractivity contribution >= 4 is 7.82 Å². The van der Waals surface area contributed by atoms with Crippen molar-refractivity contribution in [3.8, 4) is 5.75 Å². The minimum Gasteiger partial charge on any atom is -0.404 e. The number of hydrogen-bond acceptors (Lipinski definition) is 2. The van der Waals surface area contributed by atoms with Gasteiger partial charge in [0.05, 0.1) is 0 Å². The quantitative estimate of drug-likeness (QED) is 0.758. The van der Waals surface area contributed by atoms with Gasteiger partial charge in [-0.3, -0.25) is 9.79 Å². The lowest BCUT2D eigenvalue weighted by atomic mass is 10.1. The maximum Gasteiger partial charge on any atom is 0.524 e. The number of benzene rings is 1. The Hall–Kier alpha value is -0.830. The summed E-state index contributed by atoms with van der Waals surface area (Å²) in [5.41, 5.74) is 1.84. The Bertz CT molecular complexity index is 369. The summed E-state index contributed by atoms with van der Waals surface area (Å²) in [6.07, 6.45) is 0.886. The van der Waals surface area contributed by atoms with E-state index in [4.69, 9.17) is 9.79 Å². The van der Waals surface area contributed by atoms with Crippen LogP contribution in [-0.2, 0) is 11.0 Å². The van der Waals surface area contributed by atoms with Crippen molar-refractivity contribution in [3.05, 3.63) is 29.3 Å². The first-order valence-corrected chi connectivity index (χ1v) is 5.80. The molecule has 78 valence electrons. The molecule has 0 radical (unpaired) electrons. The Morgan fingerprint density at radius 3 is 2.50 bits per heavy atom. The second kappa shape index (κ2) is 4.13. The largest absolute Gasteiger partial charge is 0.524 e. The fourth-order valence-electron chi connectivity index (χ4n) is 1.16. The molecule has 0 aliphatic carbocycles. The normalized spacial score (nSPS) is 11.4. The van der Waals surface area contributed by atoms with Gasteiger partial charge in [-0.15, -0.1) is 0 Å². The molecular weight excluding hydrogens is 203 g/mol. The van der Waals surface area contributed by atoms with Crippen LogP contribution < -0.4 is 4.52 Å². The molecule has 0 spiro atoms. The maximum atomic E-state index is 10.6. The highest BCUT2D eigenvalue weighted by atomic mass is 31.2. The summed E-state index contributed by atoms with van der Waals surface area (Å²) < 4.78 is 15.1. The summed E-state index contributed by atoms with van der Waals surface area (Å²) >= 11 is 0. The minimum absolute atomic E-state index is 0.232. The van der Waals surface area contributed by atoms with Crippen LogP contribution in [0.2, 0.25) is 0 Å². The van der Waals surface area contributed by atoms with E-state index in [1.165, 1.54) is 0 Å². The Balaban J connectivity index is 2.95. The number of aryl methyl sites for hydroxylation is 2. The van der Waals surface area contributed by atoms with Crippen molar-refractivity contribution in [1.82, 2.24) is 0 Å². The summed E-state index contributed by atoms with van der Waals surface area (Å²) in [5, 5.41) is 0. The molecule has 1 rings (SSSR count). The topological polar surface area (TPSA) is 66.8 Å². The lowest BCUT2D eigenvalue weighted by Gasteiger charge is -2.10. The average molecular weight is 216 g/mol. The minimum atomic E-state index is -4.44. The fraction of sp³-hybridized carbons (Fsp3) is 0.333. The van der Waals surface area contributed by atoms with E-state index in [0.717, 1.165) is 17.5 Å². The molecule has 0 atom stereocenters. The molecule has 14 heavy (non-hydrogen) atoms. The summed E-state index contributed by atoms with van der Waals surface area (Å²) in [7, 11) is -4.44. The van der Waals surface area contributed by atoms with Gasteiger partial charge < -0.3 is 4.52 Å². The van der Waals surface area contributed by atoms with Gasteiger partial charge in [0.1, 0.15) is 5.75 Å². The molecule has 2 N–H and O–H groups in total. The molecule has 4 nitrogen and oxygen atoms in total. The van der Waals surface area contributed by atoms with E-state index in [-0.39, 0.29) is 5.75 Å². The fourth-order valence-corrected chi connectivity index (χ4v) is 1.62. The molecule has 0 saturated heterocycles. The Morgan fingerprint density at radius 2 is 2.07 bits per heavy atom. The predicted octanol–water partition coefficient (Wildman–Crippen LogP) is 2.03. The summed E-state index contributed by atoms with van der Waals surface area (Å²) in [4.78, 5) is 17.2. The smallest absolute Gasteiger partial charge is 0.404 e. The van der Waals surface area contributed by atoms with Crippen molar-refractivity contribution in [2.75, 3.05) is 0 Å². The number of phosphoric ester groups is 1. The third-order valence-electron chi connectivity index (χ3n) is 1.86. The van der Waals surface area contributed by atoms with Crippen LogP contribution in [0.25, 0.3) is 0 Å². The van der Waals surface area contributed by atoms with Gasteiger partial charge in [-0.05, 0) is 30.5 Å². The summed E-state index contributed by atoms with van der Waals surface area (Å²) in [5.74, 6) is 0.232. The zero-order valence-corrected chi connectivity index (χ0v) is 8.99. The highest BCUT2D eigenvalue weighted by Crippen LogP contribution is 2.38. The van der Waals surface area contributed by atoms with E-state index in [0.29, 0.717) is 0 Å². The standard InChI is InChI=1S/C9H13O4P/c1-3-8-4-5-9(7(2)6-8)13-14(10,11)12/h4-6H,3H2,1-2H3,(H2,10,11,12). The van der Waals surface area contributed by atoms with Gasteiger partial charge >= 0.3 is 7.82 Å². The lowest BCUT2D eigenvalue weighted by molar-refractivity contribution is 0.282. The monoisotopic (exact) mass is 216 g/mol. The van der Waals surface area contributed by atoms with Crippen molar-refractivity contribution in [3.63, 3.8) is 0 Å². The number of hydrogen-bond donors (Lipinski definition) is 2. The van der Waals surface area contributed by atoms with Crippen LogP contribution in [0.3, 0.4) is 0 Å². The molecule has 1 aromatic rings. The molecule has 5 heteroatoms. The van der Waals surface area contributed by atoms with E-state index in [2.05, 4.69) is 4.52 Å². The van der Waals surface area contributed by atoms with E-state index < -0.39 is 7.82 Å². The molecule has 0 aliphatic heterocycles. The third kappa shape index (κ3) is 3.14. The van der Waals surface area contributed by atoms with Crippen molar-refractivity contribution in [2.45, 2.75) is 20.3 Å². The Kier molecular flexibility index (Phi) is 3.32. The van der Waals surface area contributed by atoms with Crippen LogP contribution in [0.5, 0.6) is 5.75 Å². The number of rotatable bonds is 3. The Morgan fingerprint density at radius 1 is 1.43 bits per heavy atom. The zero-order valence-electron chi connectivity index (χ0n) is 8.10. The molecule has 0 aliphatic rings. The van der Waals surface area contributed by atoms with Crippen molar-refractivity contribution in [2.24, 2.45) is 0 Å². The van der Waals surface area contributed by atoms with Gasteiger partial charge in [-0.1, -0.05) is 19.1 Å². The van der Waals surface area contributed by atoms with E-state index in [1.807, 2.05) is 13.0 Å². The first-order valence-electron chi connectivity index (χ1n) is 4.27. The molecular formula is C9H13O4P. The molecule has 0 unspecified atom stereocenters. The van der Waals surface area contributed by atoms with Crippen molar-refractivity contribution < 1.29 is 18.9 Å². The molecule has 0 heterocycles. The van der Waals surface area contributed by atoms with Crippen molar-refractivity contribution in [1.29, 1.82) is 0 Å². The maximum absolute atomic E-state index is 10.6. The highest BCUT2D eigenvalue weighted by Gasteiger charge is 2.16. The predicted molar refractivity (Wildman–Crippen MR) is 53.2 cm³/mol. The SMILES string of the molecule is CCc1ccc(OP(=O)(O)O)c(C)c1. The highest BCUT2D eigenvalue weighted by molar-refractivity contribution is 7.46. The van der Waals surface area contributed by atoms with E-state index >= 15 is 0 Å². The second-order valence-electron chi connectivity index (χ2n) is 3.04. The lowest BCUT2D eigenvalue weighted by Crippen LogP contribution is -1.93. The van der Waals surface area contributed by atoms with Crippen LogP contribution in [0.4, 0.5) is 0 Å².